The van der Waals surface area contributed by atoms with Gasteiger partial charge in [0.05, 0.1) is 12.2 Å². The van der Waals surface area contributed by atoms with Crippen molar-refractivity contribution in [2.24, 2.45) is 11.7 Å². The molecule has 0 rings (SSSR count). The Labute approximate surface area is 70.1 Å². The van der Waals surface area contributed by atoms with Gasteiger partial charge in [0.25, 0.3) is 0 Å². The average Bonchev–Trinajstić information content (AvgIpc) is 1.99. The number of hydrogen-bond acceptors (Lipinski definition) is 2. The average molecular weight is 159 g/mol. The maximum atomic E-state index is 5.69. The maximum Gasteiger partial charge on any atom is 0.0698 e. The molecule has 2 N–H and O–H groups in total. The topological polar surface area (TPSA) is 35.2 Å². The highest BCUT2D eigenvalue weighted by molar-refractivity contribution is 4.61. The van der Waals surface area contributed by atoms with Crippen LogP contribution in [0.4, 0.5) is 0 Å². The second-order valence-electron chi connectivity index (χ2n) is 3.35. The van der Waals surface area contributed by atoms with Crippen molar-refractivity contribution in [1.29, 1.82) is 0 Å². The molecule has 0 aromatic carbocycles. The van der Waals surface area contributed by atoms with E-state index >= 15 is 0 Å². The summed E-state index contributed by atoms with van der Waals surface area (Å²) in [6, 6.07) is 0. The minimum atomic E-state index is 0.243. The summed E-state index contributed by atoms with van der Waals surface area (Å²) in [6.07, 6.45) is 1.57. The Balaban J connectivity index is 3.62. The lowest BCUT2D eigenvalue weighted by molar-refractivity contribution is -0.0218. The molecule has 1 unspecified atom stereocenters. The van der Waals surface area contributed by atoms with Gasteiger partial charge in [0, 0.05) is 6.54 Å². The van der Waals surface area contributed by atoms with Crippen LogP contribution in [0.3, 0.4) is 0 Å². The van der Waals surface area contributed by atoms with Gasteiger partial charge < -0.3 is 10.5 Å². The van der Waals surface area contributed by atoms with Crippen molar-refractivity contribution in [3.8, 4) is 0 Å². The Hall–Kier alpha value is -0.0800. The molecule has 0 radical (unpaired) electrons. The van der Waals surface area contributed by atoms with Crippen LogP contribution in [-0.2, 0) is 4.74 Å². The van der Waals surface area contributed by atoms with Crippen LogP contribution in [0.1, 0.15) is 34.1 Å². The highest BCUT2D eigenvalue weighted by atomic mass is 16.5. The highest BCUT2D eigenvalue weighted by Crippen LogP contribution is 2.09. The molecule has 0 aromatic rings. The third-order valence-corrected chi connectivity index (χ3v) is 2.06. The fourth-order valence-electron chi connectivity index (χ4n) is 0.779. The Morgan fingerprint density at radius 1 is 1.27 bits per heavy atom. The second kappa shape index (κ2) is 5.56. The number of rotatable bonds is 5. The molecule has 11 heavy (non-hydrogen) atoms. The summed E-state index contributed by atoms with van der Waals surface area (Å²) in [4.78, 5) is 0. The van der Waals surface area contributed by atoms with Gasteiger partial charge in [0.2, 0.25) is 0 Å². The van der Waals surface area contributed by atoms with Gasteiger partial charge in [0.1, 0.15) is 0 Å². The zero-order valence-corrected chi connectivity index (χ0v) is 8.13. The monoisotopic (exact) mass is 159 g/mol. The SMILES string of the molecule is CCC(CN)O[C@H](C)C(C)C. The fraction of sp³-hybridized carbons (Fsp3) is 1.00. The third-order valence-electron chi connectivity index (χ3n) is 2.06. The number of nitrogens with two attached hydrogens (primary N) is 1. The zero-order valence-electron chi connectivity index (χ0n) is 8.13. The molecule has 2 heteroatoms. The van der Waals surface area contributed by atoms with Crippen molar-refractivity contribution in [3.63, 3.8) is 0 Å². The lowest BCUT2D eigenvalue weighted by atomic mass is 10.1. The van der Waals surface area contributed by atoms with Crippen LogP contribution >= 0.6 is 0 Å². The van der Waals surface area contributed by atoms with E-state index in [-0.39, 0.29) is 6.10 Å². The molecule has 0 fully saturated rings. The molecule has 2 atom stereocenters. The van der Waals surface area contributed by atoms with E-state index < -0.39 is 0 Å². The fourth-order valence-corrected chi connectivity index (χ4v) is 0.779. The van der Waals surface area contributed by atoms with Gasteiger partial charge in [-0.15, -0.1) is 0 Å². The van der Waals surface area contributed by atoms with Gasteiger partial charge in [-0.3, -0.25) is 0 Å². The van der Waals surface area contributed by atoms with Gasteiger partial charge in [0.15, 0.2) is 0 Å². The zero-order chi connectivity index (χ0) is 8.85. The van der Waals surface area contributed by atoms with Crippen molar-refractivity contribution in [3.05, 3.63) is 0 Å². The van der Waals surface area contributed by atoms with Gasteiger partial charge in [-0.2, -0.15) is 0 Å². The molecule has 2 nitrogen and oxygen atoms in total. The Kier molecular flexibility index (Phi) is 5.51. The molecular weight excluding hydrogens is 138 g/mol. The van der Waals surface area contributed by atoms with Crippen LogP contribution in [0.15, 0.2) is 0 Å². The van der Waals surface area contributed by atoms with Crippen LogP contribution in [0.5, 0.6) is 0 Å². The summed E-state index contributed by atoms with van der Waals surface area (Å²) >= 11 is 0. The molecule has 0 aromatic heterocycles. The highest BCUT2D eigenvalue weighted by Gasteiger charge is 2.12. The Morgan fingerprint density at radius 2 is 1.82 bits per heavy atom. The van der Waals surface area contributed by atoms with Crippen molar-refractivity contribution >= 4 is 0 Å². The standard InChI is InChI=1S/C9H21NO/c1-5-9(6-10)11-8(4)7(2)3/h7-9H,5-6,10H2,1-4H3/t8-,9?/m1/s1. The summed E-state index contributed by atoms with van der Waals surface area (Å²) in [6.45, 7) is 9.16. The smallest absolute Gasteiger partial charge is 0.0698 e. The largest absolute Gasteiger partial charge is 0.374 e. The van der Waals surface area contributed by atoms with Crippen LogP contribution in [0.25, 0.3) is 0 Å². The summed E-state index contributed by atoms with van der Waals surface area (Å²) in [7, 11) is 0. The van der Waals surface area contributed by atoms with Gasteiger partial charge >= 0.3 is 0 Å². The first kappa shape index (κ1) is 10.9. The lowest BCUT2D eigenvalue weighted by Crippen LogP contribution is -2.29. The van der Waals surface area contributed by atoms with Crippen molar-refractivity contribution in [1.82, 2.24) is 0 Å². The van der Waals surface area contributed by atoms with Crippen LogP contribution < -0.4 is 5.73 Å². The predicted octanol–water partition coefficient (Wildman–Crippen LogP) is 1.78. The summed E-state index contributed by atoms with van der Waals surface area (Å²) in [5.41, 5.74) is 5.51. The quantitative estimate of drug-likeness (QED) is 0.663. The molecule has 68 valence electrons. The maximum absolute atomic E-state index is 5.69. The molecule has 0 saturated carbocycles. The van der Waals surface area contributed by atoms with E-state index in [4.69, 9.17) is 10.5 Å². The first-order chi connectivity index (χ1) is 5.11. The second-order valence-corrected chi connectivity index (χ2v) is 3.35. The van der Waals surface area contributed by atoms with Crippen LogP contribution in [-0.4, -0.2) is 18.8 Å². The van der Waals surface area contributed by atoms with E-state index in [1.165, 1.54) is 0 Å². The van der Waals surface area contributed by atoms with Crippen molar-refractivity contribution < 1.29 is 4.74 Å². The first-order valence-corrected chi connectivity index (χ1v) is 4.47. The molecular formula is C9H21NO. The molecule has 0 amide bonds. The van der Waals surface area contributed by atoms with E-state index in [0.29, 0.717) is 18.6 Å². The number of ether oxygens (including phenoxy) is 1. The summed E-state index contributed by atoms with van der Waals surface area (Å²) in [5, 5.41) is 0. The van der Waals surface area contributed by atoms with E-state index in [2.05, 4.69) is 27.7 Å². The van der Waals surface area contributed by atoms with Gasteiger partial charge in [-0.05, 0) is 19.3 Å². The summed E-state index contributed by atoms with van der Waals surface area (Å²) < 4.78 is 5.69. The first-order valence-electron chi connectivity index (χ1n) is 4.47. The molecule has 0 aliphatic heterocycles. The minimum Gasteiger partial charge on any atom is -0.374 e. The minimum absolute atomic E-state index is 0.243. The van der Waals surface area contributed by atoms with Crippen LogP contribution in [0, 0.1) is 5.92 Å². The van der Waals surface area contributed by atoms with E-state index in [9.17, 15) is 0 Å². The molecule has 0 saturated heterocycles. The predicted molar refractivity (Wildman–Crippen MR) is 48.5 cm³/mol. The Bertz CT molecular complexity index is 89.6. The molecule has 0 aliphatic rings. The third kappa shape index (κ3) is 4.38. The van der Waals surface area contributed by atoms with Crippen molar-refractivity contribution in [2.45, 2.75) is 46.3 Å². The molecule has 0 bridgehead atoms. The van der Waals surface area contributed by atoms with Gasteiger partial charge in [-0.1, -0.05) is 20.8 Å². The molecule has 0 aliphatic carbocycles. The van der Waals surface area contributed by atoms with E-state index in [1.54, 1.807) is 0 Å². The van der Waals surface area contributed by atoms with Crippen molar-refractivity contribution in [2.75, 3.05) is 6.54 Å². The normalized spacial score (nSPS) is 16.9. The van der Waals surface area contributed by atoms with Crippen LogP contribution in [0.2, 0.25) is 0 Å². The van der Waals surface area contributed by atoms with Gasteiger partial charge in [-0.25, -0.2) is 0 Å². The number of hydrogen-bond donors (Lipinski definition) is 1. The van der Waals surface area contributed by atoms with E-state index in [1.807, 2.05) is 0 Å². The Morgan fingerprint density at radius 3 is 2.09 bits per heavy atom. The van der Waals surface area contributed by atoms with E-state index in [0.717, 1.165) is 6.42 Å². The lowest BCUT2D eigenvalue weighted by Gasteiger charge is -2.22. The molecule has 0 heterocycles. The molecule has 0 spiro atoms. The summed E-state index contributed by atoms with van der Waals surface area (Å²) in [5.74, 6) is 0.579.